The minimum absolute atomic E-state index is 1.19. The Hall–Kier alpha value is -8.58. The lowest BCUT2D eigenvalue weighted by Gasteiger charge is -2.28. The topological polar surface area (TPSA) is 0 Å². The molecule has 0 heterocycles. The van der Waals surface area contributed by atoms with Gasteiger partial charge in [0, 0.05) is 0 Å². The highest BCUT2D eigenvalue weighted by Crippen LogP contribution is 2.58. The van der Waals surface area contributed by atoms with E-state index in [0.29, 0.717) is 0 Å². The van der Waals surface area contributed by atoms with E-state index in [1.165, 1.54) is 132 Å². The SMILES string of the molecule is c1ccc(-c2cc(-c3ccccc3)c3c4cccc5c6c(-c7ccccc7)c(-c7ccccc7)c(-c7ccccc7)c(-c7ccccc7)c6c6cccc(c3c2-c2ccccc2)c6c45)cc1. The fourth-order valence-electron chi connectivity index (χ4n) is 11.2. The Labute approximate surface area is 384 Å². The molecule has 0 aromatic heterocycles. The van der Waals surface area contributed by atoms with Crippen LogP contribution in [0.3, 0.4) is 0 Å². The van der Waals surface area contributed by atoms with E-state index in [-0.39, 0.29) is 0 Å². The highest BCUT2D eigenvalue weighted by Gasteiger charge is 2.30. The lowest BCUT2D eigenvalue weighted by Crippen LogP contribution is -2.00. The lowest BCUT2D eigenvalue weighted by atomic mass is 9.74. The maximum absolute atomic E-state index is 2.47. The minimum Gasteiger partial charge on any atom is -0.0622 e. The minimum atomic E-state index is 1.19. The van der Waals surface area contributed by atoms with Gasteiger partial charge in [-0.15, -0.1) is 0 Å². The van der Waals surface area contributed by atoms with E-state index in [9.17, 15) is 0 Å². The molecule has 0 aliphatic carbocycles. The normalized spacial score (nSPS) is 11.6. The molecule has 0 spiro atoms. The summed E-state index contributed by atoms with van der Waals surface area (Å²) < 4.78 is 0. The summed E-state index contributed by atoms with van der Waals surface area (Å²) >= 11 is 0. The molecule has 13 rings (SSSR count). The van der Waals surface area contributed by atoms with Crippen molar-refractivity contribution in [3.8, 4) is 77.9 Å². The maximum Gasteiger partial charge on any atom is -0.000718 e. The van der Waals surface area contributed by atoms with Gasteiger partial charge in [-0.2, -0.15) is 0 Å². The quantitative estimate of drug-likeness (QED) is 0.111. The van der Waals surface area contributed by atoms with Gasteiger partial charge in [-0.05, 0) is 138 Å². The van der Waals surface area contributed by atoms with Crippen molar-refractivity contribution >= 4 is 53.9 Å². The van der Waals surface area contributed by atoms with Crippen LogP contribution >= 0.6 is 0 Å². The molecule has 13 aromatic carbocycles. The third-order valence-electron chi connectivity index (χ3n) is 13.8. The van der Waals surface area contributed by atoms with Crippen molar-refractivity contribution in [2.24, 2.45) is 0 Å². The Balaban J connectivity index is 1.37. The Morgan fingerprint density at radius 1 is 0.152 bits per heavy atom. The van der Waals surface area contributed by atoms with E-state index >= 15 is 0 Å². The van der Waals surface area contributed by atoms with E-state index < -0.39 is 0 Å². The molecular formula is C66H42. The molecule has 66 heavy (non-hydrogen) atoms. The van der Waals surface area contributed by atoms with Crippen LogP contribution in [-0.2, 0) is 0 Å². The zero-order valence-corrected chi connectivity index (χ0v) is 36.2. The molecule has 0 N–H and O–H groups in total. The summed E-state index contributed by atoms with van der Waals surface area (Å²) in [6, 6.07) is 94.2. The molecule has 0 aliphatic rings. The highest BCUT2D eigenvalue weighted by atomic mass is 14.3. The van der Waals surface area contributed by atoms with Gasteiger partial charge in [-0.1, -0.05) is 249 Å². The number of hydrogen-bond donors (Lipinski definition) is 0. The first-order valence-electron chi connectivity index (χ1n) is 22.9. The van der Waals surface area contributed by atoms with Gasteiger partial charge in [-0.3, -0.25) is 0 Å². The molecule has 0 aliphatic heterocycles. The largest absolute Gasteiger partial charge is 0.0622 e. The summed E-state index contributed by atoms with van der Waals surface area (Å²) in [5.41, 5.74) is 17.1. The number of rotatable bonds is 7. The number of benzene rings is 13. The Morgan fingerprint density at radius 3 is 0.758 bits per heavy atom. The smallest absolute Gasteiger partial charge is 0.000718 e. The van der Waals surface area contributed by atoms with Crippen molar-refractivity contribution in [1.82, 2.24) is 0 Å². The molecule has 0 saturated carbocycles. The maximum atomic E-state index is 2.47. The molecule has 0 radical (unpaired) electrons. The Morgan fingerprint density at radius 2 is 0.409 bits per heavy atom. The van der Waals surface area contributed by atoms with Gasteiger partial charge >= 0.3 is 0 Å². The van der Waals surface area contributed by atoms with Crippen molar-refractivity contribution in [3.63, 3.8) is 0 Å². The van der Waals surface area contributed by atoms with E-state index in [0.717, 1.165) is 0 Å². The lowest BCUT2D eigenvalue weighted by molar-refractivity contribution is 1.57. The van der Waals surface area contributed by atoms with Crippen molar-refractivity contribution in [1.29, 1.82) is 0 Å². The van der Waals surface area contributed by atoms with E-state index in [1.54, 1.807) is 0 Å². The molecule has 0 amide bonds. The zero-order valence-electron chi connectivity index (χ0n) is 36.2. The monoisotopic (exact) mass is 834 g/mol. The fourth-order valence-corrected chi connectivity index (χ4v) is 11.2. The fraction of sp³-hybridized carbons (Fsp3) is 0. The summed E-state index contributed by atoms with van der Waals surface area (Å²) in [6.45, 7) is 0. The first-order valence-corrected chi connectivity index (χ1v) is 22.9. The van der Waals surface area contributed by atoms with Crippen LogP contribution < -0.4 is 0 Å². The molecule has 0 unspecified atom stereocenters. The first-order chi connectivity index (χ1) is 32.8. The molecular weight excluding hydrogens is 793 g/mol. The van der Waals surface area contributed by atoms with Crippen molar-refractivity contribution < 1.29 is 0 Å². The highest BCUT2D eigenvalue weighted by molar-refractivity contribution is 6.46. The van der Waals surface area contributed by atoms with E-state index in [1.807, 2.05) is 0 Å². The third-order valence-corrected chi connectivity index (χ3v) is 13.8. The van der Waals surface area contributed by atoms with Crippen LogP contribution in [-0.4, -0.2) is 0 Å². The van der Waals surface area contributed by atoms with Crippen LogP contribution in [0.15, 0.2) is 255 Å². The van der Waals surface area contributed by atoms with Gasteiger partial charge in [0.25, 0.3) is 0 Å². The van der Waals surface area contributed by atoms with Crippen LogP contribution in [0, 0.1) is 0 Å². The van der Waals surface area contributed by atoms with E-state index in [2.05, 4.69) is 255 Å². The Bertz CT molecular complexity index is 3900. The van der Waals surface area contributed by atoms with Gasteiger partial charge in [0.05, 0.1) is 0 Å². The average Bonchev–Trinajstić information content (AvgIpc) is 3.41. The van der Waals surface area contributed by atoms with Crippen LogP contribution in [0.25, 0.3) is 132 Å². The summed E-state index contributed by atoms with van der Waals surface area (Å²) in [5.74, 6) is 0. The van der Waals surface area contributed by atoms with Gasteiger partial charge < -0.3 is 0 Å². The first kappa shape index (κ1) is 37.9. The molecule has 0 nitrogen and oxygen atoms in total. The van der Waals surface area contributed by atoms with Gasteiger partial charge in [0.2, 0.25) is 0 Å². The van der Waals surface area contributed by atoms with Crippen molar-refractivity contribution in [2.75, 3.05) is 0 Å². The Kier molecular flexibility index (Phi) is 8.96. The van der Waals surface area contributed by atoms with Crippen molar-refractivity contribution in [2.45, 2.75) is 0 Å². The molecule has 0 atom stereocenters. The molecule has 0 heteroatoms. The summed E-state index contributed by atoms with van der Waals surface area (Å²) in [4.78, 5) is 0. The second kappa shape index (κ2) is 15.6. The predicted octanol–water partition coefficient (Wildman–Crippen LogP) is 18.6. The molecule has 13 aromatic rings. The second-order valence-electron chi connectivity index (χ2n) is 17.4. The number of hydrogen-bond acceptors (Lipinski definition) is 0. The van der Waals surface area contributed by atoms with Crippen LogP contribution in [0.4, 0.5) is 0 Å². The van der Waals surface area contributed by atoms with Crippen molar-refractivity contribution in [3.05, 3.63) is 255 Å². The van der Waals surface area contributed by atoms with Crippen LogP contribution in [0.1, 0.15) is 0 Å². The number of fused-ring (bicyclic) bond motifs is 6. The molecule has 0 bridgehead atoms. The second-order valence-corrected chi connectivity index (χ2v) is 17.4. The zero-order chi connectivity index (χ0) is 43.6. The van der Waals surface area contributed by atoms with Gasteiger partial charge in [0.1, 0.15) is 0 Å². The summed E-state index contributed by atoms with van der Waals surface area (Å²) in [6.07, 6.45) is 0. The standard InChI is InChI=1S/C66H42/c1-8-24-43(25-9-1)54-42-55(44-26-10-2-11-27-44)63-50-38-22-40-52-61(50)62-51(64(63)56(54)45-28-12-3-13-29-45)39-23-41-53(62)66-60(49-36-20-7-21-37-49)58(47-32-16-5-17-33-47)57(46-30-14-4-15-31-46)59(65(52)66)48-34-18-6-19-35-48/h1-42H. The predicted molar refractivity (Wildman–Crippen MR) is 283 cm³/mol. The van der Waals surface area contributed by atoms with Crippen LogP contribution in [0.5, 0.6) is 0 Å². The third kappa shape index (κ3) is 5.86. The average molecular weight is 835 g/mol. The molecule has 306 valence electrons. The van der Waals surface area contributed by atoms with Gasteiger partial charge in [-0.25, -0.2) is 0 Å². The molecule has 0 saturated heterocycles. The van der Waals surface area contributed by atoms with Gasteiger partial charge in [0.15, 0.2) is 0 Å². The van der Waals surface area contributed by atoms with Crippen LogP contribution in [0.2, 0.25) is 0 Å². The van der Waals surface area contributed by atoms with E-state index in [4.69, 9.17) is 0 Å². The summed E-state index contributed by atoms with van der Waals surface area (Å²) in [7, 11) is 0. The summed E-state index contributed by atoms with van der Waals surface area (Å²) in [5, 5.41) is 12.7. The molecule has 0 fully saturated rings.